The van der Waals surface area contributed by atoms with Crippen LogP contribution in [0, 0.1) is 6.92 Å². The first-order valence-electron chi connectivity index (χ1n) is 3.01. The van der Waals surface area contributed by atoms with E-state index in [1.807, 2.05) is 12.3 Å². The molecule has 0 aliphatic heterocycles. The van der Waals surface area contributed by atoms with Crippen molar-refractivity contribution in [2.75, 3.05) is 0 Å². The fourth-order valence-electron chi connectivity index (χ4n) is 0.755. The van der Waals surface area contributed by atoms with Gasteiger partial charge in [-0.05, 0) is 6.92 Å². The van der Waals surface area contributed by atoms with Gasteiger partial charge in [-0.15, -0.1) is 6.58 Å². The van der Waals surface area contributed by atoms with Crippen LogP contribution in [0.4, 0.5) is 0 Å². The van der Waals surface area contributed by atoms with Crippen LogP contribution >= 0.6 is 11.3 Å². The Morgan fingerprint density at radius 2 is 2.60 bits per heavy atom. The van der Waals surface area contributed by atoms with Crippen LogP contribution in [0.5, 0.6) is 0 Å². The van der Waals surface area contributed by atoms with Crippen molar-refractivity contribution in [3.05, 3.63) is 33.4 Å². The summed E-state index contributed by atoms with van der Waals surface area (Å²) in [4.78, 5) is 11.1. The molecule has 0 saturated carbocycles. The fraction of sp³-hybridized carbons (Fsp3) is 0.286. The molecule has 3 heteroatoms. The first-order chi connectivity index (χ1) is 4.75. The van der Waals surface area contributed by atoms with E-state index in [1.54, 1.807) is 10.6 Å². The van der Waals surface area contributed by atoms with E-state index in [0.717, 1.165) is 5.69 Å². The zero-order valence-corrected chi connectivity index (χ0v) is 6.65. The molecule has 0 fully saturated rings. The molecule has 0 aliphatic rings. The molecule has 2 nitrogen and oxygen atoms in total. The maximum absolute atomic E-state index is 11.0. The van der Waals surface area contributed by atoms with Crippen LogP contribution < -0.4 is 4.87 Å². The van der Waals surface area contributed by atoms with Crippen molar-refractivity contribution in [3.8, 4) is 0 Å². The molecule has 54 valence electrons. The average Bonchev–Trinajstić information content (AvgIpc) is 2.20. The molecule has 0 aliphatic carbocycles. The van der Waals surface area contributed by atoms with Gasteiger partial charge in [-0.2, -0.15) is 0 Å². The van der Waals surface area contributed by atoms with Crippen molar-refractivity contribution in [2.24, 2.45) is 0 Å². The van der Waals surface area contributed by atoms with Crippen molar-refractivity contribution in [1.29, 1.82) is 0 Å². The van der Waals surface area contributed by atoms with Crippen LogP contribution in [-0.4, -0.2) is 4.57 Å². The Morgan fingerprint density at radius 1 is 1.90 bits per heavy atom. The quantitative estimate of drug-likeness (QED) is 0.592. The lowest BCUT2D eigenvalue weighted by Gasteiger charge is -1.96. The minimum atomic E-state index is 0.0948. The summed E-state index contributed by atoms with van der Waals surface area (Å²) in [5.41, 5.74) is 1.01. The van der Waals surface area contributed by atoms with Crippen LogP contribution in [0.2, 0.25) is 0 Å². The first-order valence-corrected chi connectivity index (χ1v) is 3.89. The Bertz CT molecular complexity index is 284. The second-order valence-electron chi connectivity index (χ2n) is 2.04. The Balaban J connectivity index is 3.10. The molecule has 0 N–H and O–H groups in total. The normalized spacial score (nSPS) is 9.70. The number of allylic oxidation sites excluding steroid dienone is 1. The fourth-order valence-corrected chi connectivity index (χ4v) is 1.50. The molecule has 0 saturated heterocycles. The zero-order valence-electron chi connectivity index (χ0n) is 5.83. The van der Waals surface area contributed by atoms with Gasteiger partial charge in [-0.25, -0.2) is 0 Å². The molecule has 0 amide bonds. The lowest BCUT2D eigenvalue weighted by atomic mass is 10.5. The Labute approximate surface area is 63.4 Å². The van der Waals surface area contributed by atoms with Gasteiger partial charge in [-0.3, -0.25) is 9.36 Å². The third-order valence-electron chi connectivity index (χ3n) is 1.29. The van der Waals surface area contributed by atoms with E-state index in [9.17, 15) is 4.79 Å². The van der Waals surface area contributed by atoms with E-state index in [-0.39, 0.29) is 4.87 Å². The van der Waals surface area contributed by atoms with Crippen molar-refractivity contribution < 1.29 is 0 Å². The Hall–Kier alpha value is -0.830. The van der Waals surface area contributed by atoms with Gasteiger partial charge in [-0.1, -0.05) is 17.4 Å². The predicted octanol–water partition coefficient (Wildman–Crippen LogP) is 1.40. The van der Waals surface area contributed by atoms with E-state index < -0.39 is 0 Å². The number of aryl methyl sites for hydroxylation is 1. The van der Waals surface area contributed by atoms with Crippen molar-refractivity contribution in [3.63, 3.8) is 0 Å². The van der Waals surface area contributed by atoms with Gasteiger partial charge in [0, 0.05) is 17.6 Å². The van der Waals surface area contributed by atoms with Gasteiger partial charge in [0.1, 0.15) is 0 Å². The molecule has 10 heavy (non-hydrogen) atoms. The largest absolute Gasteiger partial charge is 0.307 e. The highest BCUT2D eigenvalue weighted by Gasteiger charge is 1.97. The van der Waals surface area contributed by atoms with Crippen LogP contribution in [-0.2, 0) is 6.54 Å². The molecule has 0 bridgehead atoms. The molecule has 0 radical (unpaired) electrons. The summed E-state index contributed by atoms with van der Waals surface area (Å²) in [6.45, 7) is 6.10. The lowest BCUT2D eigenvalue weighted by Crippen LogP contribution is -2.12. The highest BCUT2D eigenvalue weighted by Crippen LogP contribution is 1.98. The molecule has 0 atom stereocenters. The molecule has 0 aromatic carbocycles. The summed E-state index contributed by atoms with van der Waals surface area (Å²) in [7, 11) is 0. The van der Waals surface area contributed by atoms with E-state index in [0.29, 0.717) is 6.54 Å². The molecule has 1 aromatic rings. The van der Waals surface area contributed by atoms with Crippen molar-refractivity contribution >= 4 is 11.3 Å². The van der Waals surface area contributed by atoms with Gasteiger partial charge in [0.05, 0.1) is 0 Å². The monoisotopic (exact) mass is 155 g/mol. The zero-order chi connectivity index (χ0) is 7.56. The van der Waals surface area contributed by atoms with Crippen molar-refractivity contribution in [2.45, 2.75) is 13.5 Å². The molecular weight excluding hydrogens is 146 g/mol. The van der Waals surface area contributed by atoms with E-state index in [1.165, 1.54) is 11.3 Å². The summed E-state index contributed by atoms with van der Waals surface area (Å²) in [5.74, 6) is 0. The summed E-state index contributed by atoms with van der Waals surface area (Å²) < 4.78 is 1.69. The minimum Gasteiger partial charge on any atom is -0.300 e. The number of hydrogen-bond acceptors (Lipinski definition) is 2. The van der Waals surface area contributed by atoms with Gasteiger partial charge >= 0.3 is 4.87 Å². The number of nitrogens with zero attached hydrogens (tertiary/aromatic N) is 1. The first kappa shape index (κ1) is 7.28. The predicted molar refractivity (Wildman–Crippen MR) is 43.5 cm³/mol. The smallest absolute Gasteiger partial charge is 0.300 e. The topological polar surface area (TPSA) is 22.0 Å². The molecule has 1 aromatic heterocycles. The Morgan fingerprint density at radius 3 is 3.00 bits per heavy atom. The van der Waals surface area contributed by atoms with E-state index in [2.05, 4.69) is 6.58 Å². The van der Waals surface area contributed by atoms with Crippen LogP contribution in [0.1, 0.15) is 5.69 Å². The van der Waals surface area contributed by atoms with Gasteiger partial charge < -0.3 is 0 Å². The molecular formula is C7H9NOS. The standard InChI is InChI=1S/C7H9NOS/c1-3-4-8-6(2)5-10-7(8)9/h3,5H,1,4H2,2H3. The number of thiazole rings is 1. The second kappa shape index (κ2) is 2.84. The third kappa shape index (κ3) is 1.19. The van der Waals surface area contributed by atoms with Crippen LogP contribution in [0.25, 0.3) is 0 Å². The molecule has 0 spiro atoms. The third-order valence-corrected chi connectivity index (χ3v) is 2.17. The number of hydrogen-bond donors (Lipinski definition) is 0. The Kier molecular flexibility index (Phi) is 2.06. The lowest BCUT2D eigenvalue weighted by molar-refractivity contribution is 0.775. The average molecular weight is 155 g/mol. The molecule has 1 heterocycles. The minimum absolute atomic E-state index is 0.0948. The highest BCUT2D eigenvalue weighted by molar-refractivity contribution is 7.07. The summed E-state index contributed by atoms with van der Waals surface area (Å²) >= 11 is 1.23. The van der Waals surface area contributed by atoms with E-state index in [4.69, 9.17) is 0 Å². The summed E-state index contributed by atoms with van der Waals surface area (Å²) in [6, 6.07) is 0. The van der Waals surface area contributed by atoms with Gasteiger partial charge in [0.2, 0.25) is 0 Å². The van der Waals surface area contributed by atoms with Crippen LogP contribution in [0.15, 0.2) is 22.8 Å². The highest BCUT2D eigenvalue weighted by atomic mass is 32.1. The summed E-state index contributed by atoms with van der Waals surface area (Å²) in [5, 5.41) is 1.85. The van der Waals surface area contributed by atoms with Crippen molar-refractivity contribution in [1.82, 2.24) is 4.57 Å². The SMILES string of the molecule is C=CCn1c(C)csc1=O. The second-order valence-corrected chi connectivity index (χ2v) is 2.86. The van der Waals surface area contributed by atoms with Gasteiger partial charge in [0.15, 0.2) is 0 Å². The number of aromatic nitrogens is 1. The molecule has 1 rings (SSSR count). The maximum atomic E-state index is 11.0. The molecule has 0 unspecified atom stereocenters. The summed E-state index contributed by atoms with van der Waals surface area (Å²) in [6.07, 6.45) is 1.72. The van der Waals surface area contributed by atoms with Gasteiger partial charge in [0.25, 0.3) is 0 Å². The van der Waals surface area contributed by atoms with E-state index >= 15 is 0 Å². The maximum Gasteiger partial charge on any atom is 0.307 e. The van der Waals surface area contributed by atoms with Crippen LogP contribution in [0.3, 0.4) is 0 Å². The number of rotatable bonds is 2.